The smallest absolute Gasteiger partial charge is 0.221 e. The number of hydrogen-bond acceptors (Lipinski definition) is 3. The molecule has 0 heterocycles. The van der Waals surface area contributed by atoms with Gasteiger partial charge in [0.1, 0.15) is 11.6 Å². The Morgan fingerprint density at radius 3 is 2.42 bits per heavy atom. The highest BCUT2D eigenvalue weighted by Crippen LogP contribution is 2.15. The predicted molar refractivity (Wildman–Crippen MR) is 93.8 cm³/mol. The molecule has 0 spiro atoms. The topological polar surface area (TPSA) is 50.4 Å². The lowest BCUT2D eigenvalue weighted by Gasteiger charge is -2.09. The molecule has 0 aliphatic heterocycles. The zero-order chi connectivity index (χ0) is 17.2. The molecule has 2 aromatic carbocycles. The van der Waals surface area contributed by atoms with Crippen LogP contribution in [0.3, 0.4) is 0 Å². The third-order valence-electron chi connectivity index (χ3n) is 3.50. The summed E-state index contributed by atoms with van der Waals surface area (Å²) in [5.41, 5.74) is 1.96. The molecule has 0 bridgehead atoms. The SMILES string of the molecule is CCOc1ccc(NCCC(=O)NCCc2ccc(F)cc2)cc1. The maximum atomic E-state index is 12.8. The molecule has 2 N–H and O–H groups in total. The quantitative estimate of drug-likeness (QED) is 0.741. The summed E-state index contributed by atoms with van der Waals surface area (Å²) >= 11 is 0. The van der Waals surface area contributed by atoms with E-state index >= 15 is 0 Å². The van der Waals surface area contributed by atoms with Gasteiger partial charge in [-0.15, -0.1) is 0 Å². The summed E-state index contributed by atoms with van der Waals surface area (Å²) in [5.74, 6) is 0.584. The van der Waals surface area contributed by atoms with Gasteiger partial charge < -0.3 is 15.4 Å². The Morgan fingerprint density at radius 2 is 1.75 bits per heavy atom. The minimum atomic E-state index is -0.247. The second-order valence-corrected chi connectivity index (χ2v) is 5.36. The lowest BCUT2D eigenvalue weighted by Crippen LogP contribution is -2.27. The number of anilines is 1. The van der Waals surface area contributed by atoms with Gasteiger partial charge in [0.05, 0.1) is 6.61 Å². The van der Waals surface area contributed by atoms with Crippen molar-refractivity contribution in [2.45, 2.75) is 19.8 Å². The van der Waals surface area contributed by atoms with E-state index in [1.54, 1.807) is 12.1 Å². The van der Waals surface area contributed by atoms with Gasteiger partial charge in [0.15, 0.2) is 0 Å². The van der Waals surface area contributed by atoms with Gasteiger partial charge in [-0.2, -0.15) is 0 Å². The first-order chi connectivity index (χ1) is 11.7. The maximum absolute atomic E-state index is 12.8. The fourth-order valence-electron chi connectivity index (χ4n) is 2.24. The van der Waals surface area contributed by atoms with Gasteiger partial charge in [-0.3, -0.25) is 4.79 Å². The van der Waals surface area contributed by atoms with E-state index in [1.165, 1.54) is 12.1 Å². The van der Waals surface area contributed by atoms with Gasteiger partial charge in [-0.05, 0) is 55.3 Å². The van der Waals surface area contributed by atoms with E-state index in [4.69, 9.17) is 4.74 Å². The fourth-order valence-corrected chi connectivity index (χ4v) is 2.24. The molecule has 2 rings (SSSR count). The Kier molecular flexibility index (Phi) is 7.08. The highest BCUT2D eigenvalue weighted by Gasteiger charge is 2.02. The van der Waals surface area contributed by atoms with Crippen LogP contribution in [0.15, 0.2) is 48.5 Å². The molecule has 128 valence electrons. The van der Waals surface area contributed by atoms with Crippen LogP contribution >= 0.6 is 0 Å². The fraction of sp³-hybridized carbons (Fsp3) is 0.316. The Balaban J connectivity index is 1.61. The number of carbonyl (C=O) groups is 1. The van der Waals surface area contributed by atoms with Crippen LogP contribution < -0.4 is 15.4 Å². The van der Waals surface area contributed by atoms with Crippen LogP contribution in [0.5, 0.6) is 5.75 Å². The zero-order valence-corrected chi connectivity index (χ0v) is 13.8. The van der Waals surface area contributed by atoms with Gasteiger partial charge >= 0.3 is 0 Å². The van der Waals surface area contributed by atoms with Gasteiger partial charge in [-0.25, -0.2) is 4.39 Å². The summed E-state index contributed by atoms with van der Waals surface area (Å²) in [6.07, 6.45) is 1.09. The minimum absolute atomic E-state index is 0.00412. The van der Waals surface area contributed by atoms with E-state index in [0.717, 1.165) is 17.0 Å². The molecule has 0 saturated carbocycles. The summed E-state index contributed by atoms with van der Waals surface area (Å²) in [4.78, 5) is 11.8. The van der Waals surface area contributed by atoms with Crippen LogP contribution in [-0.2, 0) is 11.2 Å². The number of halogens is 1. The molecular formula is C19H23FN2O2. The van der Waals surface area contributed by atoms with Gasteiger partial charge in [0, 0.05) is 25.2 Å². The summed E-state index contributed by atoms with van der Waals surface area (Å²) in [7, 11) is 0. The largest absolute Gasteiger partial charge is 0.494 e. The molecule has 0 unspecified atom stereocenters. The number of nitrogens with one attached hydrogen (secondary N) is 2. The second-order valence-electron chi connectivity index (χ2n) is 5.36. The van der Waals surface area contributed by atoms with Crippen LogP contribution in [0.1, 0.15) is 18.9 Å². The van der Waals surface area contributed by atoms with E-state index in [9.17, 15) is 9.18 Å². The molecule has 2 aromatic rings. The van der Waals surface area contributed by atoms with E-state index in [2.05, 4.69) is 10.6 Å². The van der Waals surface area contributed by atoms with Gasteiger partial charge in [0.25, 0.3) is 0 Å². The van der Waals surface area contributed by atoms with Crippen LogP contribution in [0, 0.1) is 5.82 Å². The van der Waals surface area contributed by atoms with Gasteiger partial charge in [-0.1, -0.05) is 12.1 Å². The minimum Gasteiger partial charge on any atom is -0.494 e. The average molecular weight is 330 g/mol. The molecule has 0 aliphatic rings. The Morgan fingerprint density at radius 1 is 1.04 bits per heavy atom. The third kappa shape index (κ3) is 6.28. The molecule has 0 radical (unpaired) electrons. The van der Waals surface area contributed by atoms with Crippen molar-refractivity contribution in [3.8, 4) is 5.75 Å². The number of amides is 1. The molecule has 0 atom stereocenters. The first-order valence-corrected chi connectivity index (χ1v) is 8.15. The number of hydrogen-bond donors (Lipinski definition) is 2. The summed E-state index contributed by atoms with van der Waals surface area (Å²) < 4.78 is 18.2. The van der Waals surface area contributed by atoms with E-state index in [1.807, 2.05) is 31.2 Å². The van der Waals surface area contributed by atoms with E-state index in [-0.39, 0.29) is 11.7 Å². The molecule has 0 fully saturated rings. The van der Waals surface area contributed by atoms with Crippen LogP contribution in [-0.4, -0.2) is 25.6 Å². The van der Waals surface area contributed by atoms with E-state index in [0.29, 0.717) is 32.5 Å². The average Bonchev–Trinajstić information content (AvgIpc) is 2.58. The highest BCUT2D eigenvalue weighted by atomic mass is 19.1. The third-order valence-corrected chi connectivity index (χ3v) is 3.50. The molecule has 0 aromatic heterocycles. The summed E-state index contributed by atoms with van der Waals surface area (Å²) in [6, 6.07) is 14.0. The highest BCUT2D eigenvalue weighted by molar-refractivity contribution is 5.76. The van der Waals surface area contributed by atoms with Crippen molar-refractivity contribution in [3.63, 3.8) is 0 Å². The molecule has 4 nitrogen and oxygen atoms in total. The number of ether oxygens (including phenoxy) is 1. The van der Waals surface area contributed by atoms with Crippen molar-refractivity contribution in [1.82, 2.24) is 5.32 Å². The normalized spacial score (nSPS) is 10.2. The van der Waals surface area contributed by atoms with E-state index < -0.39 is 0 Å². The first-order valence-electron chi connectivity index (χ1n) is 8.15. The van der Waals surface area contributed by atoms with Crippen molar-refractivity contribution >= 4 is 11.6 Å². The Hall–Kier alpha value is -2.56. The molecule has 1 amide bonds. The number of carbonyl (C=O) groups excluding carboxylic acids is 1. The summed E-state index contributed by atoms with van der Waals surface area (Å²) in [5, 5.41) is 6.07. The zero-order valence-electron chi connectivity index (χ0n) is 13.8. The van der Waals surface area contributed by atoms with Crippen molar-refractivity contribution in [2.24, 2.45) is 0 Å². The lowest BCUT2D eigenvalue weighted by molar-refractivity contribution is -0.120. The molecule has 0 saturated heterocycles. The monoisotopic (exact) mass is 330 g/mol. The second kappa shape index (κ2) is 9.55. The molecule has 24 heavy (non-hydrogen) atoms. The summed E-state index contributed by atoms with van der Waals surface area (Å²) in [6.45, 7) is 3.70. The molecule has 5 heteroatoms. The lowest BCUT2D eigenvalue weighted by atomic mass is 10.1. The standard InChI is InChI=1S/C19H23FN2O2/c1-2-24-18-9-7-17(8-10-18)21-14-12-19(23)22-13-11-15-3-5-16(20)6-4-15/h3-10,21H,2,11-14H2,1H3,(H,22,23). The van der Waals surface area contributed by atoms with Crippen molar-refractivity contribution < 1.29 is 13.9 Å². The van der Waals surface area contributed by atoms with Crippen molar-refractivity contribution in [2.75, 3.05) is 25.0 Å². The van der Waals surface area contributed by atoms with Crippen LogP contribution in [0.2, 0.25) is 0 Å². The van der Waals surface area contributed by atoms with Crippen LogP contribution in [0.4, 0.5) is 10.1 Å². The van der Waals surface area contributed by atoms with Crippen LogP contribution in [0.25, 0.3) is 0 Å². The Labute approximate surface area is 142 Å². The maximum Gasteiger partial charge on any atom is 0.221 e. The number of benzene rings is 2. The van der Waals surface area contributed by atoms with Crippen molar-refractivity contribution in [3.05, 3.63) is 59.9 Å². The molecule has 0 aliphatic carbocycles. The van der Waals surface area contributed by atoms with Gasteiger partial charge in [0.2, 0.25) is 5.91 Å². The van der Waals surface area contributed by atoms with Crippen molar-refractivity contribution in [1.29, 1.82) is 0 Å². The first kappa shape index (κ1) is 17.8. The molecular weight excluding hydrogens is 307 g/mol. The number of rotatable bonds is 9. The Bertz CT molecular complexity index is 627. The predicted octanol–water partition coefficient (Wildman–Crippen LogP) is 3.39.